The monoisotopic (exact) mass is 322 g/mol. The summed E-state index contributed by atoms with van der Waals surface area (Å²) in [6, 6.07) is 0. The van der Waals surface area contributed by atoms with Crippen molar-refractivity contribution in [3.63, 3.8) is 0 Å². The van der Waals surface area contributed by atoms with Gasteiger partial charge in [0.2, 0.25) is 0 Å². The second kappa shape index (κ2) is 18.8. The molecule has 0 spiro atoms. The quantitative estimate of drug-likeness (QED) is 0.278. The molecule has 0 bridgehead atoms. The third-order valence-corrected chi connectivity index (χ3v) is 0.289. The number of carbonyl (C=O) groups excluding carboxylic acids is 6. The first-order valence-electron chi connectivity index (χ1n) is 2.80. The molecule has 90 valence electrons. The Morgan fingerprint density at radius 1 is 0.625 bits per heavy atom. The summed E-state index contributed by atoms with van der Waals surface area (Å²) >= 11 is 0. The summed E-state index contributed by atoms with van der Waals surface area (Å²) in [4.78, 5) is 53.2. The van der Waals surface area contributed by atoms with Crippen LogP contribution in [-0.4, -0.2) is 36.8 Å². The summed E-state index contributed by atoms with van der Waals surface area (Å²) in [5, 5.41) is 26.7. The van der Waals surface area contributed by atoms with Crippen molar-refractivity contribution in [1.29, 1.82) is 0 Å². The largest absolute Gasteiger partial charge is 3.00 e. The van der Waals surface area contributed by atoms with Gasteiger partial charge < -0.3 is 29.7 Å². The van der Waals surface area contributed by atoms with E-state index in [9.17, 15) is 0 Å². The molecule has 0 saturated heterocycles. The Kier molecular flexibility index (Phi) is 27.8. The van der Waals surface area contributed by atoms with Crippen LogP contribution in [0.25, 0.3) is 0 Å². The number of aliphatic carboxylic acids is 3. The first kappa shape index (κ1) is 23.7. The molecule has 0 aliphatic rings. The van der Waals surface area contributed by atoms with Gasteiger partial charge in [-0.15, -0.1) is 0 Å². The molecule has 10 heteroatoms. The summed E-state index contributed by atoms with van der Waals surface area (Å²) in [6.07, 6.45) is -0.833. The van der Waals surface area contributed by atoms with Gasteiger partial charge in [-0.3, -0.25) is 14.4 Å². The zero-order valence-corrected chi connectivity index (χ0v) is 8.88. The van der Waals surface area contributed by atoms with Crippen LogP contribution in [0.5, 0.6) is 0 Å². The van der Waals surface area contributed by atoms with E-state index >= 15 is 0 Å². The third-order valence-electron chi connectivity index (χ3n) is 0.289. The van der Waals surface area contributed by atoms with Crippen molar-refractivity contribution in [2.75, 3.05) is 0 Å². The van der Waals surface area contributed by atoms with Crippen LogP contribution < -0.4 is 15.3 Å². The van der Waals surface area contributed by atoms with Gasteiger partial charge in [-0.1, -0.05) is 0 Å². The van der Waals surface area contributed by atoms with E-state index in [-0.39, 0.29) is 38.3 Å². The fraction of sp³-hybridized carbons (Fsp3) is 0. The van der Waals surface area contributed by atoms with E-state index in [0.29, 0.717) is 0 Å². The molecular formula is C6H3O9Rh. The van der Waals surface area contributed by atoms with Gasteiger partial charge in [-0.05, 0) is 0 Å². The van der Waals surface area contributed by atoms with Gasteiger partial charge in [0.05, 0.1) is 0 Å². The fourth-order valence-electron chi connectivity index (χ4n) is 0. The third kappa shape index (κ3) is 89.8. The summed E-state index contributed by atoms with van der Waals surface area (Å²) < 4.78 is 0. The van der Waals surface area contributed by atoms with Crippen LogP contribution in [0, 0.1) is 0 Å². The van der Waals surface area contributed by atoms with E-state index in [2.05, 4.69) is 0 Å². The summed E-state index contributed by atoms with van der Waals surface area (Å²) in [5.41, 5.74) is 0. The predicted octanol–water partition coefficient (Wildman–Crippen LogP) is -6.20. The van der Waals surface area contributed by atoms with Crippen LogP contribution in [0.15, 0.2) is 0 Å². The van der Waals surface area contributed by atoms with Crippen LogP contribution >= 0.6 is 0 Å². The molecule has 0 aliphatic heterocycles. The molecule has 16 heavy (non-hydrogen) atoms. The molecule has 9 nitrogen and oxygen atoms in total. The summed E-state index contributed by atoms with van der Waals surface area (Å²) in [7, 11) is 0. The Bertz CT molecular complexity index is 216. The van der Waals surface area contributed by atoms with Gasteiger partial charge in [-0.25, -0.2) is 0 Å². The van der Waals surface area contributed by atoms with E-state index in [1.165, 1.54) is 0 Å². The molecular weight excluding hydrogens is 319 g/mol. The number of aldehydes is 3. The molecule has 0 fully saturated rings. The van der Waals surface area contributed by atoms with Gasteiger partial charge in [0.15, 0.2) is 18.9 Å². The Morgan fingerprint density at radius 3 is 0.688 bits per heavy atom. The smallest absolute Gasteiger partial charge is 0.542 e. The van der Waals surface area contributed by atoms with E-state index < -0.39 is 17.9 Å². The number of carboxylic acid groups (broad SMARTS) is 3. The van der Waals surface area contributed by atoms with E-state index in [1.54, 1.807) is 0 Å². The zero-order valence-electron chi connectivity index (χ0n) is 7.24. The van der Waals surface area contributed by atoms with Crippen molar-refractivity contribution < 1.29 is 63.6 Å². The minimum absolute atomic E-state index is 0. The van der Waals surface area contributed by atoms with E-state index in [4.69, 9.17) is 44.1 Å². The maximum absolute atomic E-state index is 8.89. The van der Waals surface area contributed by atoms with E-state index in [0.717, 1.165) is 0 Å². The molecule has 0 rings (SSSR count). The normalized spacial score (nSPS) is 6.00. The van der Waals surface area contributed by atoms with Gasteiger partial charge in [0, 0.05) is 0 Å². The maximum atomic E-state index is 8.89. The molecule has 0 radical (unpaired) electrons. The van der Waals surface area contributed by atoms with Crippen molar-refractivity contribution in [2.45, 2.75) is 0 Å². The molecule has 0 aromatic rings. The Hall–Kier alpha value is -1.96. The molecule has 0 saturated carbocycles. The Balaban J connectivity index is -0.0000000655. The van der Waals surface area contributed by atoms with Crippen molar-refractivity contribution in [3.05, 3.63) is 0 Å². The molecule has 0 amide bonds. The van der Waals surface area contributed by atoms with Crippen LogP contribution in [0.1, 0.15) is 0 Å². The van der Waals surface area contributed by atoms with Crippen molar-refractivity contribution in [1.82, 2.24) is 0 Å². The maximum Gasteiger partial charge on any atom is 3.00 e. The van der Waals surface area contributed by atoms with Gasteiger partial charge in [0.25, 0.3) is 0 Å². The van der Waals surface area contributed by atoms with Gasteiger partial charge >= 0.3 is 19.5 Å². The van der Waals surface area contributed by atoms with Gasteiger partial charge in [0.1, 0.15) is 17.9 Å². The first-order valence-corrected chi connectivity index (χ1v) is 2.80. The minimum atomic E-state index is -1.68. The predicted molar refractivity (Wildman–Crippen MR) is 33.2 cm³/mol. The van der Waals surface area contributed by atoms with Crippen molar-refractivity contribution >= 4 is 36.8 Å². The number of carboxylic acids is 3. The first-order chi connectivity index (χ1) is 6.81. The van der Waals surface area contributed by atoms with Crippen molar-refractivity contribution in [2.24, 2.45) is 0 Å². The molecule has 0 aromatic heterocycles. The van der Waals surface area contributed by atoms with Crippen molar-refractivity contribution in [3.8, 4) is 0 Å². The number of carbonyl (C=O) groups is 6. The Labute approximate surface area is 101 Å². The number of rotatable bonds is 3. The number of hydrogen-bond donors (Lipinski definition) is 0. The topological polar surface area (TPSA) is 172 Å². The van der Waals surface area contributed by atoms with Crippen LogP contribution in [0.2, 0.25) is 0 Å². The van der Waals surface area contributed by atoms with E-state index in [1.807, 2.05) is 0 Å². The molecule has 0 aromatic carbocycles. The second-order valence-electron chi connectivity index (χ2n) is 1.31. The van der Waals surface area contributed by atoms with Crippen LogP contribution in [0.4, 0.5) is 0 Å². The van der Waals surface area contributed by atoms with Crippen LogP contribution in [-0.2, 0) is 48.2 Å². The second-order valence-corrected chi connectivity index (χ2v) is 1.31. The van der Waals surface area contributed by atoms with Gasteiger partial charge in [-0.2, -0.15) is 0 Å². The SMILES string of the molecule is O=CC(=O)[O-].O=CC(=O)[O-].O=CC(=O)[O-].[Rh+3]. The molecule has 0 N–H and O–H groups in total. The van der Waals surface area contributed by atoms with Crippen LogP contribution in [0.3, 0.4) is 0 Å². The molecule has 0 unspecified atom stereocenters. The summed E-state index contributed by atoms with van der Waals surface area (Å²) in [5.74, 6) is -5.03. The summed E-state index contributed by atoms with van der Waals surface area (Å²) in [6.45, 7) is 0. The average Bonchev–Trinajstić information content (AvgIpc) is 2.19. The minimum Gasteiger partial charge on any atom is -0.542 e. The standard InChI is InChI=1S/3C2H2O3.Rh/c3*3-1-2(4)5;/h3*1H,(H,4,5);/q;;;+3/p-3. The zero-order chi connectivity index (χ0) is 12.9. The number of hydrogen-bond acceptors (Lipinski definition) is 9. The molecule has 0 aliphatic carbocycles. The fourth-order valence-corrected chi connectivity index (χ4v) is 0. The molecule has 0 atom stereocenters. The average molecular weight is 322 g/mol. The Morgan fingerprint density at radius 2 is 0.688 bits per heavy atom. The molecule has 0 heterocycles.